The van der Waals surface area contributed by atoms with Gasteiger partial charge in [-0.25, -0.2) is 4.98 Å². The molecule has 0 bridgehead atoms. The van der Waals surface area contributed by atoms with Crippen molar-refractivity contribution in [2.75, 3.05) is 14.1 Å². The molecular weight excluding hydrogens is 222 g/mol. The molecule has 0 spiro atoms. The minimum Gasteiger partial charge on any atom is -0.377 e. The summed E-state index contributed by atoms with van der Waals surface area (Å²) in [5.41, 5.74) is 2.57. The fourth-order valence-corrected chi connectivity index (χ4v) is 1.82. The van der Waals surface area contributed by atoms with E-state index in [1.807, 2.05) is 0 Å². The predicted molar refractivity (Wildman–Crippen MR) is 64.6 cm³/mol. The second kappa shape index (κ2) is 4.82. The van der Waals surface area contributed by atoms with Gasteiger partial charge in [-0.3, -0.25) is 4.79 Å². The van der Waals surface area contributed by atoms with Gasteiger partial charge in [0.2, 0.25) is 0 Å². The van der Waals surface area contributed by atoms with Crippen LogP contribution in [-0.2, 0) is 4.79 Å². The number of aryl methyl sites for hydroxylation is 1. The van der Waals surface area contributed by atoms with Gasteiger partial charge < -0.3 is 15.0 Å². The first-order valence-corrected chi connectivity index (χ1v) is 5.06. The molecule has 0 saturated carbocycles. The Morgan fingerprint density at radius 1 is 1.41 bits per heavy atom. The largest absolute Gasteiger partial charge is 0.377 e. The van der Waals surface area contributed by atoms with E-state index in [2.05, 4.69) is 4.98 Å². The minimum atomic E-state index is -0.458. The first-order chi connectivity index (χ1) is 7.90. The third-order valence-corrected chi connectivity index (χ3v) is 2.56. The van der Waals surface area contributed by atoms with Crippen LogP contribution >= 0.6 is 0 Å². The number of carbonyl (C=O) groups is 1. The third-order valence-electron chi connectivity index (χ3n) is 2.56. The van der Waals surface area contributed by atoms with Crippen LogP contribution in [0.5, 0.6) is 0 Å². The number of aromatic amines is 1. The number of carbonyl (C=O) groups excluding carboxylic acids is 1. The van der Waals surface area contributed by atoms with Crippen LogP contribution < -0.4 is 0 Å². The number of hydrogen-bond donors (Lipinski definition) is 1. The number of aldehydes is 1. The number of nitro groups is 1. The van der Waals surface area contributed by atoms with Gasteiger partial charge in [0.1, 0.15) is 12.0 Å². The Morgan fingerprint density at radius 3 is 2.35 bits per heavy atom. The maximum Gasteiger partial charge on any atom is 0.324 e. The van der Waals surface area contributed by atoms with Crippen molar-refractivity contribution in [3.63, 3.8) is 0 Å². The fourth-order valence-electron chi connectivity index (χ4n) is 1.82. The van der Waals surface area contributed by atoms with Gasteiger partial charge in [-0.05, 0) is 18.8 Å². The molecule has 0 amide bonds. The monoisotopic (exact) mass is 237 g/mol. The van der Waals surface area contributed by atoms with Crippen molar-refractivity contribution < 1.29 is 9.72 Å². The molecule has 6 heteroatoms. The number of rotatable bonds is 4. The summed E-state index contributed by atoms with van der Waals surface area (Å²) in [6.07, 6.45) is 2.07. The highest BCUT2D eigenvalue weighted by atomic mass is 16.6. The average molecular weight is 237 g/mol. The van der Waals surface area contributed by atoms with Crippen LogP contribution in [0.4, 0.5) is 5.82 Å². The highest BCUT2D eigenvalue weighted by molar-refractivity contribution is 5.83. The Bertz CT molecular complexity index is 486. The summed E-state index contributed by atoms with van der Waals surface area (Å²) in [4.78, 5) is 25.4. The van der Waals surface area contributed by atoms with E-state index in [9.17, 15) is 14.9 Å². The first-order valence-electron chi connectivity index (χ1n) is 5.06. The quantitative estimate of drug-likeness (QED) is 0.373. The molecule has 0 aliphatic rings. The lowest BCUT2D eigenvalue weighted by atomic mass is 10.1. The first kappa shape index (κ1) is 13.0. The number of nitrogens with zero attached hydrogens (tertiary/aromatic N) is 2. The zero-order valence-electron chi connectivity index (χ0n) is 10.3. The summed E-state index contributed by atoms with van der Waals surface area (Å²) in [6, 6.07) is 0. The lowest BCUT2D eigenvalue weighted by molar-refractivity contribution is -0.389. The molecule has 0 unspecified atom stereocenters. The second-order valence-electron chi connectivity index (χ2n) is 3.94. The fraction of sp³-hybridized carbons (Fsp3) is 0.364. The van der Waals surface area contributed by atoms with Crippen molar-refractivity contribution in [2.24, 2.45) is 0 Å². The predicted octanol–water partition coefficient (Wildman–Crippen LogP) is 1.64. The van der Waals surface area contributed by atoms with E-state index in [4.69, 9.17) is 0 Å². The lowest BCUT2D eigenvalue weighted by Crippen LogP contribution is -2.11. The van der Waals surface area contributed by atoms with Crippen LogP contribution in [0.2, 0.25) is 0 Å². The molecule has 92 valence electrons. The Kier molecular flexibility index (Phi) is 3.67. The van der Waals surface area contributed by atoms with Crippen molar-refractivity contribution in [2.45, 2.75) is 13.8 Å². The van der Waals surface area contributed by atoms with Crippen molar-refractivity contribution in [1.29, 1.82) is 0 Å². The Labute approximate surface area is 99.1 Å². The molecule has 6 nitrogen and oxygen atoms in total. The zero-order valence-corrected chi connectivity index (χ0v) is 10.3. The zero-order chi connectivity index (χ0) is 13.2. The van der Waals surface area contributed by atoms with Crippen LogP contribution in [0.25, 0.3) is 5.70 Å². The number of aromatic nitrogens is 1. The second-order valence-corrected chi connectivity index (χ2v) is 3.94. The molecule has 0 radical (unpaired) electrons. The van der Waals surface area contributed by atoms with Crippen molar-refractivity contribution >= 4 is 17.8 Å². The van der Waals surface area contributed by atoms with E-state index >= 15 is 0 Å². The van der Waals surface area contributed by atoms with E-state index in [0.717, 1.165) is 0 Å². The van der Waals surface area contributed by atoms with E-state index in [1.54, 1.807) is 32.8 Å². The van der Waals surface area contributed by atoms with Crippen LogP contribution in [0.1, 0.15) is 16.8 Å². The number of allylic oxidation sites excluding steroid dienone is 1. The van der Waals surface area contributed by atoms with Crippen LogP contribution in [0.3, 0.4) is 0 Å². The standard InChI is InChI=1S/C11H15N3O3/c1-7-10(9(5-6-15)13(3)4)8(2)12-11(7)14(16)17/h5-6,12H,1-4H3. The van der Waals surface area contributed by atoms with Crippen LogP contribution in [-0.4, -0.2) is 35.2 Å². The minimum absolute atomic E-state index is 0.0313. The SMILES string of the molecule is Cc1[nH]c([N+](=O)[O-])c(C)c1C(=CC=O)N(C)C. The van der Waals surface area contributed by atoms with Crippen molar-refractivity contribution in [3.05, 3.63) is 33.0 Å². The van der Waals surface area contributed by atoms with Gasteiger partial charge in [0, 0.05) is 20.2 Å². The molecule has 1 aromatic heterocycles. The topological polar surface area (TPSA) is 79.2 Å². The molecule has 1 rings (SSSR count). The number of H-pyrrole nitrogens is 1. The van der Waals surface area contributed by atoms with Gasteiger partial charge in [0.05, 0.1) is 16.8 Å². The highest BCUT2D eigenvalue weighted by Gasteiger charge is 2.23. The van der Waals surface area contributed by atoms with Gasteiger partial charge in [0.25, 0.3) is 0 Å². The number of hydrogen-bond acceptors (Lipinski definition) is 4. The van der Waals surface area contributed by atoms with Gasteiger partial charge in [-0.1, -0.05) is 0 Å². The van der Waals surface area contributed by atoms with Gasteiger partial charge >= 0.3 is 5.82 Å². The Balaban J connectivity index is 3.45. The van der Waals surface area contributed by atoms with E-state index < -0.39 is 4.92 Å². The van der Waals surface area contributed by atoms with Gasteiger partial charge in [-0.2, -0.15) is 0 Å². The Hall–Kier alpha value is -2.11. The molecule has 17 heavy (non-hydrogen) atoms. The summed E-state index contributed by atoms with van der Waals surface area (Å²) in [6.45, 7) is 3.41. The summed E-state index contributed by atoms with van der Waals surface area (Å²) in [7, 11) is 3.57. The Morgan fingerprint density at radius 2 is 2.00 bits per heavy atom. The van der Waals surface area contributed by atoms with Gasteiger partial charge in [0.15, 0.2) is 0 Å². The average Bonchev–Trinajstić information content (AvgIpc) is 2.51. The molecule has 0 saturated heterocycles. The molecule has 0 aliphatic carbocycles. The van der Waals surface area contributed by atoms with E-state index in [-0.39, 0.29) is 5.82 Å². The highest BCUT2D eigenvalue weighted by Crippen LogP contribution is 2.30. The maximum absolute atomic E-state index is 10.8. The smallest absolute Gasteiger partial charge is 0.324 e. The molecule has 0 atom stereocenters. The van der Waals surface area contributed by atoms with Crippen LogP contribution in [0, 0.1) is 24.0 Å². The maximum atomic E-state index is 10.8. The van der Waals surface area contributed by atoms with Crippen molar-refractivity contribution in [1.82, 2.24) is 9.88 Å². The van der Waals surface area contributed by atoms with E-state index in [0.29, 0.717) is 28.8 Å². The molecule has 1 aromatic rings. The van der Waals surface area contributed by atoms with E-state index in [1.165, 1.54) is 6.08 Å². The third kappa shape index (κ3) is 2.35. The van der Waals surface area contributed by atoms with Crippen molar-refractivity contribution in [3.8, 4) is 0 Å². The molecule has 0 fully saturated rings. The molecular formula is C11H15N3O3. The summed E-state index contributed by atoms with van der Waals surface area (Å²) >= 11 is 0. The molecule has 1 N–H and O–H groups in total. The molecule has 0 aliphatic heterocycles. The van der Waals surface area contributed by atoms with Gasteiger partial charge in [-0.15, -0.1) is 0 Å². The number of nitrogens with one attached hydrogen (secondary N) is 1. The summed E-state index contributed by atoms with van der Waals surface area (Å²) in [5, 5.41) is 10.8. The normalized spacial score (nSPS) is 11.4. The summed E-state index contributed by atoms with van der Waals surface area (Å²) < 4.78 is 0. The van der Waals surface area contributed by atoms with Crippen LogP contribution in [0.15, 0.2) is 6.08 Å². The summed E-state index contributed by atoms with van der Waals surface area (Å²) in [5.74, 6) is -0.0313. The molecule has 0 aromatic carbocycles. The molecule has 1 heterocycles. The lowest BCUT2D eigenvalue weighted by Gasteiger charge is -2.16.